The molecule has 2 heterocycles. The molecule has 0 saturated carbocycles. The van der Waals surface area contributed by atoms with Crippen LogP contribution in [0.5, 0.6) is 0 Å². The molecule has 0 unspecified atom stereocenters. The molecule has 0 aromatic carbocycles. The first kappa shape index (κ1) is 9.89. The third kappa shape index (κ3) is 1.77. The Labute approximate surface area is 87.2 Å². The fourth-order valence-electron chi connectivity index (χ4n) is 1.51. The normalized spacial score (nSPS) is 11.1. The number of hydrogen-bond donors (Lipinski definition) is 1. The van der Waals surface area contributed by atoms with Crippen molar-refractivity contribution in [2.24, 2.45) is 0 Å². The molecule has 1 N–H and O–H groups in total. The summed E-state index contributed by atoms with van der Waals surface area (Å²) in [6, 6.07) is 1.56. The first-order valence-electron chi connectivity index (χ1n) is 5.22. The fraction of sp³-hybridized carbons (Fsp3) is 0.500. The van der Waals surface area contributed by atoms with Crippen molar-refractivity contribution in [2.45, 2.75) is 33.1 Å². The van der Waals surface area contributed by atoms with E-state index in [-0.39, 0.29) is 5.56 Å². The number of aryl methyl sites for hydroxylation is 2. The van der Waals surface area contributed by atoms with E-state index in [0.29, 0.717) is 5.78 Å². The molecule has 2 aromatic rings. The predicted octanol–water partition coefficient (Wildman–Crippen LogP) is 0.933. The van der Waals surface area contributed by atoms with Crippen LogP contribution in [0.4, 0.5) is 0 Å². The first-order valence-corrected chi connectivity index (χ1v) is 5.22. The van der Waals surface area contributed by atoms with Crippen molar-refractivity contribution in [1.82, 2.24) is 19.6 Å². The summed E-state index contributed by atoms with van der Waals surface area (Å²) < 4.78 is 1.39. The molecule has 15 heavy (non-hydrogen) atoms. The molecule has 0 aliphatic rings. The van der Waals surface area contributed by atoms with E-state index in [1.165, 1.54) is 4.52 Å². The van der Waals surface area contributed by atoms with Gasteiger partial charge in [-0.3, -0.25) is 9.89 Å². The van der Waals surface area contributed by atoms with Gasteiger partial charge in [-0.1, -0.05) is 20.3 Å². The van der Waals surface area contributed by atoms with Crippen LogP contribution < -0.4 is 5.56 Å². The summed E-state index contributed by atoms with van der Waals surface area (Å²) in [5.41, 5.74) is 0.729. The van der Waals surface area contributed by atoms with Crippen molar-refractivity contribution in [3.63, 3.8) is 0 Å². The van der Waals surface area contributed by atoms with Gasteiger partial charge < -0.3 is 0 Å². The molecular formula is C10H14N4O. The van der Waals surface area contributed by atoms with Gasteiger partial charge in [-0.25, -0.2) is 4.98 Å². The van der Waals surface area contributed by atoms with Crippen LogP contribution in [-0.4, -0.2) is 19.6 Å². The van der Waals surface area contributed by atoms with E-state index >= 15 is 0 Å². The van der Waals surface area contributed by atoms with Crippen LogP contribution in [0, 0.1) is 0 Å². The average molecular weight is 206 g/mol. The van der Waals surface area contributed by atoms with E-state index in [1.54, 1.807) is 6.07 Å². The van der Waals surface area contributed by atoms with Crippen LogP contribution in [0.15, 0.2) is 10.9 Å². The molecule has 0 fully saturated rings. The lowest BCUT2D eigenvalue weighted by molar-refractivity contribution is 0.824. The van der Waals surface area contributed by atoms with Crippen LogP contribution in [0.2, 0.25) is 0 Å². The van der Waals surface area contributed by atoms with Crippen LogP contribution in [0.25, 0.3) is 5.78 Å². The third-order valence-corrected chi connectivity index (χ3v) is 2.27. The smallest absolute Gasteiger partial charge is 0.274 e. The number of nitrogens with zero attached hydrogens (tertiary/aromatic N) is 3. The van der Waals surface area contributed by atoms with E-state index in [1.807, 2.05) is 6.92 Å². The minimum absolute atomic E-state index is 0.0874. The standard InChI is InChI=1S/C10H14N4O/c1-3-5-7-6-9(15)14-10(11-7)12-8(4-2)13-14/h6H,3-5H2,1-2H3,(H,11,12,13). The molecule has 0 aliphatic carbocycles. The molecular weight excluding hydrogens is 192 g/mol. The van der Waals surface area contributed by atoms with Gasteiger partial charge >= 0.3 is 0 Å². The zero-order chi connectivity index (χ0) is 10.8. The highest BCUT2D eigenvalue weighted by Crippen LogP contribution is 2.00. The maximum atomic E-state index is 11.7. The lowest BCUT2D eigenvalue weighted by Crippen LogP contribution is -2.15. The molecule has 0 radical (unpaired) electrons. The molecule has 5 heteroatoms. The maximum Gasteiger partial charge on any atom is 0.274 e. The molecule has 0 aliphatic heterocycles. The Kier molecular flexibility index (Phi) is 2.53. The Morgan fingerprint density at radius 3 is 2.87 bits per heavy atom. The molecule has 0 saturated heterocycles. The molecule has 0 amide bonds. The summed E-state index contributed by atoms with van der Waals surface area (Å²) in [6.07, 6.45) is 2.57. The highest BCUT2D eigenvalue weighted by atomic mass is 16.1. The highest BCUT2D eigenvalue weighted by molar-refractivity contribution is 5.28. The second-order valence-electron chi connectivity index (χ2n) is 3.49. The Morgan fingerprint density at radius 1 is 1.40 bits per heavy atom. The lowest BCUT2D eigenvalue weighted by Gasteiger charge is -1.96. The zero-order valence-corrected chi connectivity index (χ0v) is 8.95. The summed E-state index contributed by atoms with van der Waals surface area (Å²) in [5, 5.41) is 2.91. The molecule has 5 nitrogen and oxygen atoms in total. The number of hydrogen-bond acceptors (Lipinski definition) is 3. The highest BCUT2D eigenvalue weighted by Gasteiger charge is 2.05. The summed E-state index contributed by atoms with van der Waals surface area (Å²) in [4.78, 5) is 20.2. The largest absolute Gasteiger partial charge is 0.275 e. The number of H-pyrrole nitrogens is 1. The summed E-state index contributed by atoms with van der Waals surface area (Å²) in [7, 11) is 0. The minimum Gasteiger partial charge on any atom is -0.275 e. The molecule has 2 aromatic heterocycles. The van der Waals surface area contributed by atoms with Crippen molar-refractivity contribution >= 4 is 5.78 Å². The van der Waals surface area contributed by atoms with Gasteiger partial charge in [0.25, 0.3) is 11.3 Å². The SMILES string of the molecule is CCCc1cc(=O)n2[nH]c(CC)nc2n1. The second kappa shape index (κ2) is 3.84. The second-order valence-corrected chi connectivity index (χ2v) is 3.49. The number of fused-ring (bicyclic) bond motifs is 1. The van der Waals surface area contributed by atoms with Crippen molar-refractivity contribution in [1.29, 1.82) is 0 Å². The Bertz CT molecular complexity index is 526. The molecule has 0 bridgehead atoms. The van der Waals surface area contributed by atoms with Gasteiger partial charge in [0.15, 0.2) is 0 Å². The number of nitrogens with one attached hydrogen (secondary N) is 1. The van der Waals surface area contributed by atoms with E-state index in [0.717, 1.165) is 30.8 Å². The maximum absolute atomic E-state index is 11.7. The molecule has 2 rings (SSSR count). The Morgan fingerprint density at radius 2 is 2.20 bits per heavy atom. The third-order valence-electron chi connectivity index (χ3n) is 2.27. The van der Waals surface area contributed by atoms with Crippen molar-refractivity contribution in [3.8, 4) is 0 Å². The van der Waals surface area contributed by atoms with E-state index in [2.05, 4.69) is 22.0 Å². The fourth-order valence-corrected chi connectivity index (χ4v) is 1.51. The van der Waals surface area contributed by atoms with Gasteiger partial charge in [-0.15, -0.1) is 0 Å². The van der Waals surface area contributed by atoms with Crippen molar-refractivity contribution in [2.75, 3.05) is 0 Å². The van der Waals surface area contributed by atoms with E-state index < -0.39 is 0 Å². The van der Waals surface area contributed by atoms with Gasteiger partial charge in [0, 0.05) is 12.5 Å². The average Bonchev–Trinajstić information content (AvgIpc) is 2.62. The van der Waals surface area contributed by atoms with Crippen LogP contribution in [-0.2, 0) is 12.8 Å². The van der Waals surface area contributed by atoms with Gasteiger partial charge in [0.1, 0.15) is 5.82 Å². The number of aromatic amines is 1. The van der Waals surface area contributed by atoms with Gasteiger partial charge in [0.05, 0.1) is 5.69 Å². The van der Waals surface area contributed by atoms with Crippen molar-refractivity contribution < 1.29 is 0 Å². The number of rotatable bonds is 3. The van der Waals surface area contributed by atoms with E-state index in [9.17, 15) is 4.79 Å². The first-order chi connectivity index (χ1) is 7.24. The van der Waals surface area contributed by atoms with E-state index in [4.69, 9.17) is 0 Å². The molecule has 0 spiro atoms. The minimum atomic E-state index is -0.0874. The summed E-state index contributed by atoms with van der Waals surface area (Å²) in [6.45, 7) is 4.04. The monoisotopic (exact) mass is 206 g/mol. The molecule has 80 valence electrons. The zero-order valence-electron chi connectivity index (χ0n) is 8.95. The van der Waals surface area contributed by atoms with Gasteiger partial charge in [-0.05, 0) is 6.42 Å². The summed E-state index contributed by atoms with van der Waals surface area (Å²) >= 11 is 0. The quantitative estimate of drug-likeness (QED) is 0.812. The summed E-state index contributed by atoms with van der Waals surface area (Å²) in [5.74, 6) is 1.26. The van der Waals surface area contributed by atoms with Crippen LogP contribution in [0.1, 0.15) is 31.8 Å². The number of aromatic nitrogens is 4. The van der Waals surface area contributed by atoms with Crippen LogP contribution in [0.3, 0.4) is 0 Å². The van der Waals surface area contributed by atoms with Crippen LogP contribution >= 0.6 is 0 Å². The Balaban J connectivity index is 2.60. The van der Waals surface area contributed by atoms with Gasteiger partial charge in [0.2, 0.25) is 0 Å². The molecule has 0 atom stereocenters. The Hall–Kier alpha value is -1.65. The van der Waals surface area contributed by atoms with Gasteiger partial charge in [-0.2, -0.15) is 9.50 Å². The topological polar surface area (TPSA) is 63.0 Å². The predicted molar refractivity (Wildman–Crippen MR) is 57.0 cm³/mol. The van der Waals surface area contributed by atoms with Crippen molar-refractivity contribution in [3.05, 3.63) is 27.9 Å². The lowest BCUT2D eigenvalue weighted by atomic mass is 10.2.